The Bertz CT molecular complexity index is 2610. The van der Waals surface area contributed by atoms with Crippen molar-refractivity contribution >= 4 is 33.2 Å². The van der Waals surface area contributed by atoms with E-state index in [-0.39, 0.29) is 26.5 Å². The fourth-order valence-electron chi connectivity index (χ4n) is 7.01. The molecule has 9 rings (SSSR count). The van der Waals surface area contributed by atoms with Crippen LogP contribution in [0.5, 0.6) is 11.5 Å². The molecule has 0 saturated carbocycles. The molecular weight excluding hydrogens is 822 g/mol. The van der Waals surface area contributed by atoms with Gasteiger partial charge in [-0.1, -0.05) is 111 Å². The van der Waals surface area contributed by atoms with Crippen molar-refractivity contribution in [3.05, 3.63) is 157 Å². The second-order valence-corrected chi connectivity index (χ2v) is 14.2. The quantitative estimate of drug-likeness (QED) is 0.162. The summed E-state index contributed by atoms with van der Waals surface area (Å²) in [7, 11) is 0. The Labute approximate surface area is 318 Å². The van der Waals surface area contributed by atoms with Gasteiger partial charge in [0.15, 0.2) is 0 Å². The third-order valence-corrected chi connectivity index (χ3v) is 9.84. The Morgan fingerprint density at radius 2 is 1.50 bits per heavy atom. The average Bonchev–Trinajstić information content (AvgIpc) is 3.63. The molecule has 4 heterocycles. The number of rotatable bonds is 5. The van der Waals surface area contributed by atoms with E-state index in [2.05, 4.69) is 171 Å². The summed E-state index contributed by atoms with van der Waals surface area (Å²) in [6.45, 7) is 12.9. The van der Waals surface area contributed by atoms with Gasteiger partial charge in [0.1, 0.15) is 5.82 Å². The van der Waals surface area contributed by atoms with Crippen LogP contribution in [0.25, 0.3) is 50.1 Å². The number of hydrogen-bond acceptors (Lipinski definition) is 4. The zero-order valence-electron chi connectivity index (χ0n) is 29.6. The molecule has 0 N–H and O–H groups in total. The van der Waals surface area contributed by atoms with E-state index in [0.717, 1.165) is 72.9 Å². The number of aryl methyl sites for hydroxylation is 1. The van der Waals surface area contributed by atoms with Crippen molar-refractivity contribution in [1.82, 2.24) is 19.1 Å². The normalized spacial score (nSPS) is 12.3. The largest absolute Gasteiger partial charge is 0.509 e. The maximum absolute atomic E-state index is 6.73. The van der Waals surface area contributed by atoms with E-state index in [1.54, 1.807) is 0 Å². The van der Waals surface area contributed by atoms with Crippen molar-refractivity contribution in [2.75, 3.05) is 4.90 Å². The second kappa shape index (κ2) is 12.9. The van der Waals surface area contributed by atoms with Crippen molar-refractivity contribution in [2.45, 2.75) is 40.0 Å². The van der Waals surface area contributed by atoms with Gasteiger partial charge in [-0.2, -0.15) is 6.07 Å². The Kier molecular flexibility index (Phi) is 8.31. The van der Waals surface area contributed by atoms with Crippen LogP contribution in [0.4, 0.5) is 11.4 Å². The molecule has 0 aliphatic carbocycles. The number of nitrogens with zero attached hydrogens (tertiary/aromatic N) is 5. The van der Waals surface area contributed by atoms with Crippen molar-refractivity contribution in [1.29, 1.82) is 0 Å². The van der Waals surface area contributed by atoms with Crippen LogP contribution in [0.1, 0.15) is 37.7 Å². The average molecular weight is 858 g/mol. The third-order valence-electron chi connectivity index (χ3n) is 9.84. The molecule has 0 fully saturated rings. The predicted molar refractivity (Wildman–Crippen MR) is 206 cm³/mol. The molecule has 6 nitrogen and oxygen atoms in total. The van der Waals surface area contributed by atoms with E-state index < -0.39 is 0 Å². The number of imidazole rings is 1. The van der Waals surface area contributed by atoms with Gasteiger partial charge in [0.05, 0.1) is 0 Å². The first kappa shape index (κ1) is 33.6. The molecule has 8 aromatic rings. The van der Waals surface area contributed by atoms with E-state index in [1.807, 2.05) is 18.3 Å². The van der Waals surface area contributed by atoms with Gasteiger partial charge in [0, 0.05) is 55.8 Å². The van der Waals surface area contributed by atoms with Crippen LogP contribution in [0.3, 0.4) is 0 Å². The van der Waals surface area contributed by atoms with Crippen LogP contribution < -0.4 is 9.64 Å². The molecule has 260 valence electrons. The molecule has 7 heteroatoms. The number of ether oxygens (including phenoxy) is 1. The molecule has 0 bridgehead atoms. The Morgan fingerprint density at radius 3 is 2.33 bits per heavy atom. The zero-order chi connectivity index (χ0) is 34.9. The zero-order valence-corrected chi connectivity index (χ0v) is 31.9. The van der Waals surface area contributed by atoms with Gasteiger partial charge < -0.3 is 23.8 Å². The molecule has 0 atom stereocenters. The Balaban J connectivity index is 0.00000387. The van der Waals surface area contributed by atoms with Gasteiger partial charge in [-0.3, -0.25) is 0 Å². The molecular formula is C45H36N5OPt-3. The van der Waals surface area contributed by atoms with Gasteiger partial charge in [0.2, 0.25) is 0 Å². The van der Waals surface area contributed by atoms with Crippen LogP contribution in [-0.4, -0.2) is 19.1 Å². The van der Waals surface area contributed by atoms with Crippen molar-refractivity contribution in [3.8, 4) is 39.8 Å². The SMILES string of the molecule is Cc1nc2n(c1C)[CH-]N(c1[c-]c(Oc3[c-]c4c(cc3)c3ccccc3n4-c3cc(C(C)(C)C)ccn3)cc(-c3ccccc3)c1)c1ccccc1-2.[Pt]. The van der Waals surface area contributed by atoms with E-state index in [9.17, 15) is 0 Å². The molecule has 0 spiro atoms. The smallest absolute Gasteiger partial charge is 0.135 e. The minimum atomic E-state index is -0.0188. The summed E-state index contributed by atoms with van der Waals surface area (Å²) >= 11 is 0. The first-order chi connectivity index (χ1) is 24.7. The number of hydrogen-bond donors (Lipinski definition) is 0. The van der Waals surface area contributed by atoms with Crippen molar-refractivity contribution < 1.29 is 25.8 Å². The van der Waals surface area contributed by atoms with Crippen LogP contribution >= 0.6 is 0 Å². The van der Waals surface area contributed by atoms with Crippen LogP contribution in [0, 0.1) is 32.6 Å². The molecule has 0 unspecified atom stereocenters. The maximum Gasteiger partial charge on any atom is 0.135 e. The summed E-state index contributed by atoms with van der Waals surface area (Å²) in [5.74, 6) is 2.98. The molecule has 5 aromatic carbocycles. The number of pyridine rings is 1. The molecule has 52 heavy (non-hydrogen) atoms. The van der Waals surface area contributed by atoms with Crippen LogP contribution in [0.2, 0.25) is 0 Å². The topological polar surface area (TPSA) is 48.1 Å². The van der Waals surface area contributed by atoms with E-state index in [4.69, 9.17) is 14.7 Å². The fraction of sp³-hybridized carbons (Fsp3) is 0.133. The number of benzene rings is 5. The predicted octanol–water partition coefficient (Wildman–Crippen LogP) is 11.1. The van der Waals surface area contributed by atoms with E-state index in [1.165, 1.54) is 5.56 Å². The summed E-state index contributed by atoms with van der Waals surface area (Å²) in [5.41, 5.74) is 10.3. The van der Waals surface area contributed by atoms with Gasteiger partial charge in [-0.05, 0) is 71.0 Å². The van der Waals surface area contributed by atoms with Gasteiger partial charge in [0.25, 0.3) is 0 Å². The molecule has 0 saturated heterocycles. The van der Waals surface area contributed by atoms with Gasteiger partial charge >= 0.3 is 0 Å². The first-order valence-electron chi connectivity index (χ1n) is 17.2. The second-order valence-electron chi connectivity index (χ2n) is 14.2. The molecule has 1 aliphatic heterocycles. The minimum Gasteiger partial charge on any atom is -0.509 e. The molecule has 0 amide bonds. The van der Waals surface area contributed by atoms with Crippen LogP contribution in [-0.2, 0) is 26.5 Å². The van der Waals surface area contributed by atoms with E-state index in [0.29, 0.717) is 11.5 Å². The summed E-state index contributed by atoms with van der Waals surface area (Å²) in [5, 5.41) is 2.23. The maximum atomic E-state index is 6.73. The van der Waals surface area contributed by atoms with Crippen molar-refractivity contribution in [3.63, 3.8) is 0 Å². The summed E-state index contributed by atoms with van der Waals surface area (Å²) in [4.78, 5) is 11.9. The third kappa shape index (κ3) is 5.68. The Morgan fingerprint density at radius 1 is 0.731 bits per heavy atom. The van der Waals surface area contributed by atoms with Crippen molar-refractivity contribution in [2.24, 2.45) is 0 Å². The Hall–Kier alpha value is -5.58. The number of fused-ring (bicyclic) bond motifs is 6. The number of para-hydroxylation sites is 2. The van der Waals surface area contributed by atoms with Gasteiger partial charge in [-0.25, -0.2) is 4.98 Å². The summed E-state index contributed by atoms with van der Waals surface area (Å²) in [6, 6.07) is 47.1. The summed E-state index contributed by atoms with van der Waals surface area (Å²) < 4.78 is 11.1. The standard InChI is InChI=1S/C45H36N5O.Pt/c1-29-30(2)48-28-49(40-17-11-10-16-39(40)44(48)47-29)34-23-32(31-13-7-6-8-14-31)24-36(26-34)51-35-19-20-38-37-15-9-12-18-41(37)50(42(38)27-35)43-25-33(21-22-46-43)45(3,4)5;/h6-25,28H,1-5H3;/q-3;. The molecule has 3 aromatic heterocycles. The number of aromatic nitrogens is 4. The summed E-state index contributed by atoms with van der Waals surface area (Å²) in [6.07, 6.45) is 1.90. The first-order valence-corrected chi connectivity index (χ1v) is 17.2. The molecule has 0 radical (unpaired) electrons. The van der Waals surface area contributed by atoms with Crippen LogP contribution in [0.15, 0.2) is 121 Å². The minimum absolute atomic E-state index is 0. The van der Waals surface area contributed by atoms with Gasteiger partial charge in [-0.15, -0.1) is 41.3 Å². The monoisotopic (exact) mass is 857 g/mol. The fourth-order valence-corrected chi connectivity index (χ4v) is 7.01. The van der Waals surface area contributed by atoms with E-state index >= 15 is 0 Å². The number of anilines is 2. The molecule has 1 aliphatic rings.